The van der Waals surface area contributed by atoms with Crippen molar-refractivity contribution >= 4 is 0 Å². The van der Waals surface area contributed by atoms with Gasteiger partial charge in [-0.3, -0.25) is 0 Å². The topological polar surface area (TPSA) is 38.0 Å². The summed E-state index contributed by atoms with van der Waals surface area (Å²) < 4.78 is 2.14. The number of aliphatic hydroxyl groups is 1. The highest BCUT2D eigenvalue weighted by Gasteiger charge is 2.11. The predicted octanol–water partition coefficient (Wildman–Crippen LogP) is 3.14. The summed E-state index contributed by atoms with van der Waals surface area (Å²) in [5.74, 6) is 0.990. The van der Waals surface area contributed by atoms with Gasteiger partial charge in [-0.1, -0.05) is 31.2 Å². The summed E-state index contributed by atoms with van der Waals surface area (Å²) in [6.45, 7) is 5.24. The van der Waals surface area contributed by atoms with E-state index in [0.717, 1.165) is 31.6 Å². The highest BCUT2D eigenvalue weighted by molar-refractivity contribution is 5.25. The lowest BCUT2D eigenvalue weighted by molar-refractivity contribution is 0.161. The molecule has 0 fully saturated rings. The fourth-order valence-corrected chi connectivity index (χ4v) is 2.50. The molecule has 1 heterocycles. The molecule has 0 saturated carbocycles. The molecule has 1 aromatic carbocycles. The van der Waals surface area contributed by atoms with Crippen LogP contribution in [0.3, 0.4) is 0 Å². The molecule has 1 N–H and O–H groups in total. The first-order valence-corrected chi connectivity index (χ1v) is 7.43. The van der Waals surface area contributed by atoms with Crippen LogP contribution in [0.4, 0.5) is 0 Å². The van der Waals surface area contributed by atoms with Gasteiger partial charge in [-0.15, -0.1) is 0 Å². The minimum Gasteiger partial charge on any atom is -0.393 e. The van der Waals surface area contributed by atoms with E-state index < -0.39 is 0 Å². The molecule has 108 valence electrons. The van der Waals surface area contributed by atoms with Crippen LogP contribution >= 0.6 is 0 Å². The fourth-order valence-electron chi connectivity index (χ4n) is 2.50. The van der Waals surface area contributed by atoms with Crippen LogP contribution in [0.1, 0.15) is 36.7 Å². The standard InChI is InChI=1S/C17H24N2O/c1-3-11-19-12-10-18-17(19)13-16(20)9-8-15-7-5-4-6-14(15)2/h4-7,10,12,16,20H,3,8-9,11,13H2,1-2H3. The van der Waals surface area contributed by atoms with E-state index >= 15 is 0 Å². The number of aryl methyl sites for hydroxylation is 3. The van der Waals surface area contributed by atoms with Crippen LogP contribution in [0.2, 0.25) is 0 Å². The molecule has 2 aromatic rings. The third kappa shape index (κ3) is 3.94. The Labute approximate surface area is 121 Å². The highest BCUT2D eigenvalue weighted by atomic mass is 16.3. The van der Waals surface area contributed by atoms with E-state index in [-0.39, 0.29) is 6.10 Å². The molecule has 1 atom stereocenters. The van der Waals surface area contributed by atoms with Crippen molar-refractivity contribution in [3.05, 3.63) is 53.6 Å². The van der Waals surface area contributed by atoms with Gasteiger partial charge in [0.25, 0.3) is 0 Å². The van der Waals surface area contributed by atoms with Crippen molar-refractivity contribution in [2.75, 3.05) is 0 Å². The lowest BCUT2D eigenvalue weighted by Crippen LogP contribution is -2.16. The van der Waals surface area contributed by atoms with Crippen molar-refractivity contribution in [3.63, 3.8) is 0 Å². The second kappa shape index (κ2) is 7.25. The lowest BCUT2D eigenvalue weighted by atomic mass is 10.0. The largest absolute Gasteiger partial charge is 0.393 e. The molecule has 0 saturated heterocycles. The molecule has 0 aliphatic heterocycles. The number of hydrogen-bond acceptors (Lipinski definition) is 2. The first kappa shape index (κ1) is 14.8. The number of hydrogen-bond donors (Lipinski definition) is 1. The van der Waals surface area contributed by atoms with Gasteiger partial charge in [-0.2, -0.15) is 0 Å². The van der Waals surface area contributed by atoms with Crippen molar-refractivity contribution < 1.29 is 5.11 Å². The van der Waals surface area contributed by atoms with Gasteiger partial charge >= 0.3 is 0 Å². The SMILES string of the molecule is CCCn1ccnc1CC(O)CCc1ccccc1C. The van der Waals surface area contributed by atoms with Gasteiger partial charge in [0.15, 0.2) is 0 Å². The Morgan fingerprint density at radius 1 is 1.30 bits per heavy atom. The molecule has 3 nitrogen and oxygen atoms in total. The Bertz CT molecular complexity index is 533. The average Bonchev–Trinajstić information content (AvgIpc) is 2.86. The zero-order valence-electron chi connectivity index (χ0n) is 12.4. The van der Waals surface area contributed by atoms with Gasteiger partial charge < -0.3 is 9.67 Å². The van der Waals surface area contributed by atoms with Crippen LogP contribution in [-0.2, 0) is 19.4 Å². The van der Waals surface area contributed by atoms with Crippen LogP contribution in [0.25, 0.3) is 0 Å². The van der Waals surface area contributed by atoms with Crippen molar-refractivity contribution in [1.82, 2.24) is 9.55 Å². The third-order valence-corrected chi connectivity index (χ3v) is 3.69. The normalized spacial score (nSPS) is 12.6. The summed E-state index contributed by atoms with van der Waals surface area (Å²) in [6, 6.07) is 8.37. The summed E-state index contributed by atoms with van der Waals surface area (Å²) in [6.07, 6.45) is 6.91. The molecule has 0 aliphatic rings. The molecule has 0 radical (unpaired) electrons. The number of imidazole rings is 1. The molecular weight excluding hydrogens is 248 g/mol. The van der Waals surface area contributed by atoms with Gasteiger partial charge in [0.1, 0.15) is 5.82 Å². The van der Waals surface area contributed by atoms with Gasteiger partial charge in [-0.05, 0) is 37.3 Å². The van der Waals surface area contributed by atoms with Crippen LogP contribution < -0.4 is 0 Å². The first-order valence-electron chi connectivity index (χ1n) is 7.43. The summed E-state index contributed by atoms with van der Waals surface area (Å²) in [4.78, 5) is 4.35. The van der Waals surface area contributed by atoms with E-state index in [2.05, 4.69) is 47.7 Å². The molecule has 0 aliphatic carbocycles. The maximum atomic E-state index is 10.2. The summed E-state index contributed by atoms with van der Waals surface area (Å²) in [7, 11) is 0. The molecule has 0 bridgehead atoms. The number of rotatable bonds is 7. The van der Waals surface area contributed by atoms with E-state index in [1.807, 2.05) is 12.4 Å². The van der Waals surface area contributed by atoms with Crippen molar-refractivity contribution in [3.8, 4) is 0 Å². The van der Waals surface area contributed by atoms with E-state index in [9.17, 15) is 5.11 Å². The zero-order chi connectivity index (χ0) is 14.4. The summed E-state index contributed by atoms with van der Waals surface area (Å²) in [5, 5.41) is 10.2. The maximum Gasteiger partial charge on any atom is 0.111 e. The molecule has 0 amide bonds. The smallest absolute Gasteiger partial charge is 0.111 e. The van der Waals surface area contributed by atoms with Gasteiger partial charge in [0.2, 0.25) is 0 Å². The van der Waals surface area contributed by atoms with Crippen LogP contribution in [0.5, 0.6) is 0 Å². The van der Waals surface area contributed by atoms with Crippen LogP contribution in [-0.4, -0.2) is 20.8 Å². The number of aromatic nitrogens is 2. The predicted molar refractivity (Wildman–Crippen MR) is 81.7 cm³/mol. The quantitative estimate of drug-likeness (QED) is 0.841. The zero-order valence-corrected chi connectivity index (χ0v) is 12.4. The maximum absolute atomic E-state index is 10.2. The average molecular weight is 272 g/mol. The van der Waals surface area contributed by atoms with Crippen molar-refractivity contribution in [2.24, 2.45) is 0 Å². The second-order valence-corrected chi connectivity index (χ2v) is 5.36. The molecule has 1 unspecified atom stereocenters. The Morgan fingerprint density at radius 2 is 2.10 bits per heavy atom. The Morgan fingerprint density at radius 3 is 2.85 bits per heavy atom. The monoisotopic (exact) mass is 272 g/mol. The van der Waals surface area contributed by atoms with E-state index in [0.29, 0.717) is 6.42 Å². The van der Waals surface area contributed by atoms with Gasteiger partial charge in [0.05, 0.1) is 6.10 Å². The molecule has 0 spiro atoms. The minimum atomic E-state index is -0.326. The van der Waals surface area contributed by atoms with Gasteiger partial charge in [0, 0.05) is 25.4 Å². The molecule has 20 heavy (non-hydrogen) atoms. The second-order valence-electron chi connectivity index (χ2n) is 5.36. The fraction of sp³-hybridized carbons (Fsp3) is 0.471. The minimum absolute atomic E-state index is 0.326. The molecular formula is C17H24N2O. The number of benzene rings is 1. The van der Waals surface area contributed by atoms with Crippen molar-refractivity contribution in [2.45, 2.75) is 52.2 Å². The molecule has 1 aromatic heterocycles. The van der Waals surface area contributed by atoms with E-state index in [4.69, 9.17) is 0 Å². The first-order chi connectivity index (χ1) is 9.70. The van der Waals surface area contributed by atoms with E-state index in [1.165, 1.54) is 11.1 Å². The number of nitrogens with zero attached hydrogens (tertiary/aromatic N) is 2. The molecule has 2 rings (SSSR count). The van der Waals surface area contributed by atoms with Crippen molar-refractivity contribution in [1.29, 1.82) is 0 Å². The van der Waals surface area contributed by atoms with Gasteiger partial charge in [-0.25, -0.2) is 4.98 Å². The summed E-state index contributed by atoms with van der Waals surface area (Å²) >= 11 is 0. The Balaban J connectivity index is 1.88. The van der Waals surface area contributed by atoms with Crippen LogP contribution in [0.15, 0.2) is 36.7 Å². The summed E-state index contributed by atoms with van der Waals surface area (Å²) in [5.41, 5.74) is 2.62. The molecule has 3 heteroatoms. The van der Waals surface area contributed by atoms with Crippen LogP contribution in [0, 0.1) is 6.92 Å². The van der Waals surface area contributed by atoms with E-state index in [1.54, 1.807) is 0 Å². The number of aliphatic hydroxyl groups excluding tert-OH is 1. The third-order valence-electron chi connectivity index (χ3n) is 3.69. The Kier molecular flexibility index (Phi) is 5.36. The highest BCUT2D eigenvalue weighted by Crippen LogP contribution is 2.13. The Hall–Kier alpha value is -1.61. The lowest BCUT2D eigenvalue weighted by Gasteiger charge is -2.13.